The average Bonchev–Trinajstić information content (AvgIpc) is 2.69. The van der Waals surface area contributed by atoms with Crippen molar-refractivity contribution < 1.29 is 23.5 Å². The fourth-order valence-electron chi connectivity index (χ4n) is 5.11. The van der Waals surface area contributed by atoms with E-state index in [4.69, 9.17) is 13.8 Å². The van der Waals surface area contributed by atoms with Crippen molar-refractivity contribution >= 4 is 7.60 Å². The van der Waals surface area contributed by atoms with Crippen molar-refractivity contribution in [2.45, 2.75) is 98.7 Å². The van der Waals surface area contributed by atoms with Crippen molar-refractivity contribution in [3.8, 4) is 11.5 Å². The summed E-state index contributed by atoms with van der Waals surface area (Å²) in [4.78, 5) is 0. The number of hydrogen-bond donors (Lipinski definition) is 1. The van der Waals surface area contributed by atoms with Gasteiger partial charge in [-0.2, -0.15) is 0 Å². The molecule has 0 amide bonds. The molecule has 34 heavy (non-hydrogen) atoms. The van der Waals surface area contributed by atoms with Crippen LogP contribution in [-0.2, 0) is 31.9 Å². The molecule has 6 heteroatoms. The van der Waals surface area contributed by atoms with Crippen LogP contribution in [0, 0.1) is 13.8 Å². The van der Waals surface area contributed by atoms with Gasteiger partial charge in [-0.25, -0.2) is 0 Å². The lowest BCUT2D eigenvalue weighted by Gasteiger charge is -2.34. The molecule has 0 spiro atoms. The summed E-state index contributed by atoms with van der Waals surface area (Å²) in [6, 6.07) is 7.91. The van der Waals surface area contributed by atoms with Gasteiger partial charge in [0.15, 0.2) is 6.35 Å². The monoisotopic (exact) mass is 488 g/mol. The van der Waals surface area contributed by atoms with Gasteiger partial charge in [-0.15, -0.1) is 0 Å². The van der Waals surface area contributed by atoms with E-state index >= 15 is 0 Å². The highest BCUT2D eigenvalue weighted by molar-refractivity contribution is 7.53. The second-order valence-corrected chi connectivity index (χ2v) is 12.6. The summed E-state index contributed by atoms with van der Waals surface area (Å²) in [5, 5.41) is 10.6. The van der Waals surface area contributed by atoms with E-state index in [0.29, 0.717) is 11.5 Å². The molecule has 0 atom stereocenters. The molecule has 0 bridgehead atoms. The first-order valence-electron chi connectivity index (χ1n) is 12.3. The molecule has 3 rings (SSSR count). The molecular formula is C28H41O5P. The fraction of sp³-hybridized carbons (Fsp3) is 0.571. The predicted octanol–water partition coefficient (Wildman–Crippen LogP) is 7.59. The Kier molecular flexibility index (Phi) is 8.22. The number of phenolic OH excluding ortho intramolecular Hbond substituents is 1. The lowest BCUT2D eigenvalue weighted by atomic mass is 9.70. The quantitative estimate of drug-likeness (QED) is 0.368. The highest BCUT2D eigenvalue weighted by atomic mass is 31.2. The minimum absolute atomic E-state index is 0.0144. The molecule has 1 N–H and O–H groups in total. The van der Waals surface area contributed by atoms with Gasteiger partial charge in [0.2, 0.25) is 0 Å². The van der Waals surface area contributed by atoms with Crippen LogP contribution in [0.2, 0.25) is 0 Å². The van der Waals surface area contributed by atoms with Crippen LogP contribution >= 0.6 is 7.60 Å². The Morgan fingerprint density at radius 1 is 1.03 bits per heavy atom. The molecule has 1 aliphatic carbocycles. The zero-order chi connectivity index (χ0) is 25.3. The standard InChI is InChI=1S/C28H41O5P/c1-18(2)32-34(30,33-19(3)4)17-31-23-14-20(5)25(21(6)15-23)16-22-11-12-26(29)27-24(22)10-9-13-28(27,7)8/h11-12,14-15,18-19,29H,9-10,13,16-17H2,1-8H3. The number of fused-ring (bicyclic) bond motifs is 1. The van der Waals surface area contributed by atoms with Gasteiger partial charge in [0.05, 0.1) is 12.2 Å². The number of aryl methyl sites for hydroxylation is 2. The van der Waals surface area contributed by atoms with Crippen LogP contribution in [0.3, 0.4) is 0 Å². The smallest absolute Gasteiger partial charge is 0.368 e. The zero-order valence-corrected chi connectivity index (χ0v) is 22.9. The zero-order valence-electron chi connectivity index (χ0n) is 22.0. The van der Waals surface area contributed by atoms with Crippen LogP contribution in [0.15, 0.2) is 24.3 Å². The minimum atomic E-state index is -3.37. The third-order valence-electron chi connectivity index (χ3n) is 6.46. The molecule has 0 aromatic heterocycles. The van der Waals surface area contributed by atoms with Crippen LogP contribution in [0.25, 0.3) is 0 Å². The maximum atomic E-state index is 13.1. The first-order valence-corrected chi connectivity index (χ1v) is 14.1. The van der Waals surface area contributed by atoms with Gasteiger partial charge < -0.3 is 18.9 Å². The number of phenols is 1. The van der Waals surface area contributed by atoms with Gasteiger partial charge >= 0.3 is 7.60 Å². The lowest BCUT2D eigenvalue weighted by Crippen LogP contribution is -2.25. The fourth-order valence-corrected chi connectivity index (χ4v) is 6.87. The van der Waals surface area contributed by atoms with Crippen molar-refractivity contribution in [2.75, 3.05) is 6.35 Å². The molecule has 0 unspecified atom stereocenters. The molecule has 0 radical (unpaired) electrons. The van der Waals surface area contributed by atoms with Crippen LogP contribution < -0.4 is 4.74 Å². The minimum Gasteiger partial charge on any atom is -0.508 e. The maximum Gasteiger partial charge on any atom is 0.368 e. The Bertz CT molecular complexity index is 1030. The van der Waals surface area contributed by atoms with Gasteiger partial charge in [-0.3, -0.25) is 4.57 Å². The predicted molar refractivity (Wildman–Crippen MR) is 138 cm³/mol. The molecular weight excluding hydrogens is 447 g/mol. The van der Waals surface area contributed by atoms with Crippen LogP contribution in [0.1, 0.15) is 87.8 Å². The van der Waals surface area contributed by atoms with Crippen LogP contribution in [0.4, 0.5) is 0 Å². The van der Waals surface area contributed by atoms with Gasteiger partial charge in [-0.05, 0) is 119 Å². The normalized spacial score (nSPS) is 15.6. The Balaban J connectivity index is 1.84. The van der Waals surface area contributed by atoms with Crippen molar-refractivity contribution in [2.24, 2.45) is 0 Å². The maximum absolute atomic E-state index is 13.1. The molecule has 2 aromatic carbocycles. The molecule has 0 saturated heterocycles. The first-order chi connectivity index (χ1) is 15.8. The van der Waals surface area contributed by atoms with E-state index in [1.54, 1.807) is 0 Å². The third-order valence-corrected chi connectivity index (χ3v) is 8.39. The SMILES string of the molecule is Cc1cc(OCP(=O)(OC(C)C)OC(C)C)cc(C)c1Cc1ccc(O)c2c1CCCC2(C)C. The Morgan fingerprint density at radius 3 is 2.18 bits per heavy atom. The molecule has 2 aromatic rings. The van der Waals surface area contributed by atoms with Gasteiger partial charge in [0.1, 0.15) is 11.5 Å². The summed E-state index contributed by atoms with van der Waals surface area (Å²) in [5.74, 6) is 1.07. The number of rotatable bonds is 9. The molecule has 188 valence electrons. The summed E-state index contributed by atoms with van der Waals surface area (Å²) in [6.07, 6.45) is 3.47. The van der Waals surface area contributed by atoms with Crippen molar-refractivity contribution in [3.05, 3.63) is 57.6 Å². The van der Waals surface area contributed by atoms with E-state index in [-0.39, 0.29) is 24.0 Å². The number of benzene rings is 2. The summed E-state index contributed by atoms with van der Waals surface area (Å²) >= 11 is 0. The third kappa shape index (κ3) is 6.24. The van der Waals surface area contributed by atoms with Gasteiger partial charge in [0.25, 0.3) is 0 Å². The molecule has 0 saturated carbocycles. The number of ether oxygens (including phenoxy) is 1. The number of hydrogen-bond acceptors (Lipinski definition) is 5. The summed E-state index contributed by atoms with van der Waals surface area (Å²) in [7, 11) is -3.37. The average molecular weight is 489 g/mol. The van der Waals surface area contributed by atoms with E-state index in [9.17, 15) is 9.67 Å². The highest BCUT2D eigenvalue weighted by Gasteiger charge is 2.32. The second kappa shape index (κ2) is 10.4. The molecule has 1 aliphatic rings. The largest absolute Gasteiger partial charge is 0.508 e. The summed E-state index contributed by atoms with van der Waals surface area (Å²) < 4.78 is 30.2. The van der Waals surface area contributed by atoms with Gasteiger partial charge in [-0.1, -0.05) is 19.9 Å². The lowest BCUT2D eigenvalue weighted by molar-refractivity contribution is 0.129. The van der Waals surface area contributed by atoms with E-state index in [1.807, 2.05) is 45.9 Å². The Labute approximate surface area is 205 Å². The van der Waals surface area contributed by atoms with E-state index < -0.39 is 7.60 Å². The molecule has 5 nitrogen and oxygen atoms in total. The van der Waals surface area contributed by atoms with Gasteiger partial charge in [0, 0.05) is 5.56 Å². The van der Waals surface area contributed by atoms with E-state index in [0.717, 1.165) is 42.4 Å². The molecule has 0 heterocycles. The Morgan fingerprint density at radius 2 is 1.62 bits per heavy atom. The van der Waals surface area contributed by atoms with E-state index in [1.165, 1.54) is 16.7 Å². The molecule has 0 fully saturated rings. The van der Waals surface area contributed by atoms with Crippen LogP contribution in [0.5, 0.6) is 11.5 Å². The van der Waals surface area contributed by atoms with Crippen molar-refractivity contribution in [3.63, 3.8) is 0 Å². The Hall–Kier alpha value is -1.81. The summed E-state index contributed by atoms with van der Waals surface area (Å²) in [5.41, 5.74) is 7.17. The van der Waals surface area contributed by atoms with E-state index in [2.05, 4.69) is 33.8 Å². The highest BCUT2D eigenvalue weighted by Crippen LogP contribution is 2.50. The molecule has 0 aliphatic heterocycles. The van der Waals surface area contributed by atoms with Crippen molar-refractivity contribution in [1.29, 1.82) is 0 Å². The van der Waals surface area contributed by atoms with Crippen molar-refractivity contribution in [1.82, 2.24) is 0 Å². The summed E-state index contributed by atoms with van der Waals surface area (Å²) in [6.45, 7) is 16.0. The van der Waals surface area contributed by atoms with Crippen LogP contribution in [-0.4, -0.2) is 23.7 Å². The number of aromatic hydroxyl groups is 1. The topological polar surface area (TPSA) is 65.0 Å². The second-order valence-electron chi connectivity index (χ2n) is 10.7. The first kappa shape index (κ1) is 26.8.